The fourth-order valence-corrected chi connectivity index (χ4v) is 0.589. The van der Waals surface area contributed by atoms with Gasteiger partial charge in [-0.1, -0.05) is 43.0 Å². The van der Waals surface area contributed by atoms with Crippen molar-refractivity contribution in [1.29, 1.82) is 0 Å². The summed E-state index contributed by atoms with van der Waals surface area (Å²) >= 11 is 0. The molecule has 0 saturated heterocycles. The Bertz CT molecular complexity index is 167. The first-order chi connectivity index (χ1) is 3.93. The van der Waals surface area contributed by atoms with Crippen LogP contribution in [-0.2, 0) is 0 Å². The first-order valence-corrected chi connectivity index (χ1v) is 2.61. The fraction of sp³-hybridized carbons (Fsp3) is 0. The summed E-state index contributed by atoms with van der Waals surface area (Å²) in [6.07, 6.45) is 1.83. The molecule has 1 nitrogen and oxygen atoms in total. The van der Waals surface area contributed by atoms with Crippen LogP contribution in [-0.4, -0.2) is 0 Å². The molecule has 0 heterocycles. The van der Waals surface area contributed by atoms with Crippen LogP contribution >= 0.6 is 0 Å². The van der Waals surface area contributed by atoms with Gasteiger partial charge in [0.2, 0.25) is 0 Å². The van der Waals surface area contributed by atoms with Crippen molar-refractivity contribution in [2.45, 2.75) is 0 Å². The molecule has 0 aliphatic rings. The zero-order valence-electron chi connectivity index (χ0n) is 5.38. The van der Waals surface area contributed by atoms with E-state index in [0.29, 0.717) is 0 Å². The van der Waals surface area contributed by atoms with Crippen LogP contribution in [0.1, 0.15) is 5.56 Å². The molecule has 0 saturated carbocycles. The van der Waals surface area contributed by atoms with E-state index in [1.165, 1.54) is 5.56 Å². The zero-order chi connectivity index (χ0) is 5.82. The van der Waals surface area contributed by atoms with Crippen molar-refractivity contribution in [2.75, 3.05) is 0 Å². The molecular formula is C8H11N. The van der Waals surface area contributed by atoms with Crippen molar-refractivity contribution in [1.82, 2.24) is 6.15 Å². The molecule has 0 aromatic heterocycles. The predicted molar refractivity (Wildman–Crippen MR) is 41.6 cm³/mol. The average Bonchev–Trinajstić information content (AvgIpc) is 1.90. The third kappa shape index (κ3) is 2.11. The zero-order valence-corrected chi connectivity index (χ0v) is 5.38. The Balaban J connectivity index is 0.000000640. The maximum absolute atomic E-state index is 3.63. The predicted octanol–water partition coefficient (Wildman–Crippen LogP) is 2.49. The van der Waals surface area contributed by atoms with Gasteiger partial charge in [-0.05, 0) is 5.56 Å². The fourth-order valence-electron chi connectivity index (χ4n) is 0.589. The topological polar surface area (TPSA) is 35.0 Å². The van der Waals surface area contributed by atoms with Crippen molar-refractivity contribution in [3.63, 3.8) is 0 Å². The number of hydrogen-bond donors (Lipinski definition) is 1. The standard InChI is InChI=1S/C8H8.H3N/c1-2-8-6-4-3-5-7-8;/h2-7H,1H2;1H3/i;1+120. The molecule has 0 amide bonds. The van der Waals surface area contributed by atoms with Crippen molar-refractivity contribution in [2.24, 2.45) is 0 Å². The Morgan fingerprint density at radius 2 is 1.67 bits per heavy atom. The van der Waals surface area contributed by atoms with Gasteiger partial charge in [0.25, 0.3) is 0 Å². The maximum Gasteiger partial charge on any atom is -0.0263 e. The Labute approximate surface area is 55.6 Å². The van der Waals surface area contributed by atoms with Gasteiger partial charge in [0, 0.05) is 0 Å². The van der Waals surface area contributed by atoms with E-state index >= 15 is 0 Å². The molecule has 0 unspecified atom stereocenters. The lowest BCUT2D eigenvalue weighted by molar-refractivity contribution is 1.67. The van der Waals surface area contributed by atoms with Gasteiger partial charge >= 0.3 is 0 Å². The first kappa shape index (κ1) is 7.92. The molecule has 1 aromatic carbocycles. The Morgan fingerprint density at radius 1 is 1.11 bits per heavy atom. The highest BCUT2D eigenvalue weighted by Gasteiger charge is 1.75. The summed E-state index contributed by atoms with van der Waals surface area (Å²) in [5, 5.41) is 0. The third-order valence-corrected chi connectivity index (χ3v) is 1.04. The van der Waals surface area contributed by atoms with Crippen LogP contribution in [0.2, 0.25) is 0 Å². The smallest absolute Gasteiger partial charge is 0.0263 e. The van der Waals surface area contributed by atoms with Gasteiger partial charge in [-0.3, -0.25) is 0 Å². The van der Waals surface area contributed by atoms with E-state index < -0.39 is 0 Å². The monoisotopic (exact) mass is 495 g/mol. The molecule has 0 spiro atoms. The summed E-state index contributed by atoms with van der Waals surface area (Å²) < 4.78 is 0. The Morgan fingerprint density at radius 3 is 2.00 bits per heavy atom. The van der Waals surface area contributed by atoms with E-state index in [2.05, 4.69) is 6.58 Å². The minimum absolute atomic E-state index is 0. The van der Waals surface area contributed by atoms with E-state index in [1.54, 1.807) is 0 Å². The van der Waals surface area contributed by atoms with E-state index in [9.17, 15) is 0 Å². The lowest BCUT2D eigenvalue weighted by Crippen LogP contribution is -1.63. The van der Waals surface area contributed by atoms with Gasteiger partial charge in [0.15, 0.2) is 0 Å². The molecule has 1 rings (SSSR count). The van der Waals surface area contributed by atoms with E-state index in [4.69, 9.17) is 0 Å². The second-order valence-corrected chi connectivity index (χ2v) is 1.61. The molecular weight excluding hydrogens is 484 g/mol. The average molecular weight is 495 g/mol. The second kappa shape index (κ2) is 3.87. The van der Waals surface area contributed by atoms with Crippen molar-refractivity contribution >= 4 is 6.08 Å². The van der Waals surface area contributed by atoms with Crippen molar-refractivity contribution in [3.8, 4) is 0 Å². The molecule has 1 aromatic rings. The van der Waals surface area contributed by atoms with Gasteiger partial charge in [0.1, 0.15) is 0 Å². The number of hydrogen-bond acceptors (Lipinski definition) is 1. The molecule has 1 heteroatoms. The summed E-state index contributed by atoms with van der Waals surface area (Å²) in [4.78, 5) is 0. The minimum atomic E-state index is 0. The van der Waals surface area contributed by atoms with Gasteiger partial charge in [0.05, 0.1) is 0 Å². The van der Waals surface area contributed by atoms with Crippen molar-refractivity contribution in [3.05, 3.63) is 42.5 Å². The molecule has 0 aliphatic carbocycles. The lowest BCUT2D eigenvalue weighted by atomic mass is 10.2. The summed E-state index contributed by atoms with van der Waals surface area (Å²) in [7, 11) is 0. The van der Waals surface area contributed by atoms with Crippen LogP contribution in [0.25, 0.3) is 6.08 Å². The van der Waals surface area contributed by atoms with Crippen LogP contribution in [0, 0.1) is 0 Å². The number of benzene rings is 1. The van der Waals surface area contributed by atoms with Crippen LogP contribution < -0.4 is 6.15 Å². The maximum atomic E-state index is 3.63. The largest absolute Gasteiger partial charge is 0.344 e. The Hall–Kier alpha value is -1.08. The van der Waals surface area contributed by atoms with Crippen LogP contribution in [0.15, 0.2) is 36.9 Å². The summed E-state index contributed by atoms with van der Waals surface area (Å²) in [6, 6.07) is 10.0. The molecule has 0 bridgehead atoms. The van der Waals surface area contributed by atoms with E-state index in [0.717, 1.165) is 0 Å². The first-order valence-electron chi connectivity index (χ1n) is 2.61. The van der Waals surface area contributed by atoms with Gasteiger partial charge in [-0.15, -0.1) is 0 Å². The Kier molecular flexibility index (Phi) is 3.40. The molecule has 48 valence electrons. The van der Waals surface area contributed by atoms with E-state index in [-0.39, 0.29) is 6.15 Å². The molecule has 0 atom stereocenters. The SMILES string of the molecule is C=Cc1ccccc1.[388NH3]. The van der Waals surface area contributed by atoms with Crippen molar-refractivity contribution < 1.29 is 0 Å². The molecule has 0 aliphatic heterocycles. The van der Waals surface area contributed by atoms with Crippen LogP contribution in [0.3, 0.4) is 0 Å². The molecule has 0 radical (unpaired) electrons. The summed E-state index contributed by atoms with van der Waals surface area (Å²) in [6.45, 7) is 3.63. The van der Waals surface area contributed by atoms with E-state index in [1.807, 2.05) is 36.4 Å². The highest BCUT2D eigenvalue weighted by molar-refractivity contribution is 5.45. The third-order valence-electron chi connectivity index (χ3n) is 1.04. The number of rotatable bonds is 1. The summed E-state index contributed by atoms with van der Waals surface area (Å²) in [5.41, 5.74) is 1.17. The van der Waals surface area contributed by atoms with Gasteiger partial charge < -0.3 is 6.15 Å². The highest BCUT2D eigenvalue weighted by atomic mass is 388. The lowest BCUT2D eigenvalue weighted by Gasteiger charge is -1.85. The minimum Gasteiger partial charge on any atom is -0.344 e. The van der Waals surface area contributed by atoms with Crippen LogP contribution in [0.5, 0.6) is 0 Å². The molecule has 0 fully saturated rings. The summed E-state index contributed by atoms with van der Waals surface area (Å²) in [5.74, 6) is 0. The second-order valence-electron chi connectivity index (χ2n) is 1.61. The molecule has 3 N–H and O–H groups in total. The van der Waals surface area contributed by atoms with Gasteiger partial charge in [-0.2, -0.15) is 0 Å². The highest BCUT2D eigenvalue weighted by Crippen LogP contribution is 1.97. The van der Waals surface area contributed by atoms with Gasteiger partial charge in [-0.25, -0.2) is 0 Å². The normalized spacial score (nSPS) is 7.56. The molecule has 9 heavy (non-hydrogen) atoms. The quantitative estimate of drug-likeness (QED) is 0.639. The van der Waals surface area contributed by atoms with Crippen LogP contribution in [0.4, 0.5) is 0 Å².